The highest BCUT2D eigenvalue weighted by Crippen LogP contribution is 2.21. The van der Waals surface area contributed by atoms with Gasteiger partial charge in [0.05, 0.1) is 18.9 Å². The summed E-state index contributed by atoms with van der Waals surface area (Å²) in [4.78, 5) is 11.4. The Hall–Kier alpha value is -2.91. The molecule has 0 aliphatic heterocycles. The first-order valence-corrected chi connectivity index (χ1v) is 9.53. The molecule has 1 N–H and O–H groups in total. The van der Waals surface area contributed by atoms with Crippen molar-refractivity contribution in [3.8, 4) is 17.2 Å². The quantitative estimate of drug-likeness (QED) is 0.432. The van der Waals surface area contributed by atoms with Crippen molar-refractivity contribution in [3.63, 3.8) is 0 Å². The summed E-state index contributed by atoms with van der Waals surface area (Å²) in [5.74, 6) is 1.60. The third kappa shape index (κ3) is 5.08. The van der Waals surface area contributed by atoms with Crippen LogP contribution in [0.2, 0.25) is 0 Å². The van der Waals surface area contributed by atoms with Crippen LogP contribution in [0.15, 0.2) is 53.7 Å². The number of aromatic nitrogens is 4. The maximum atomic E-state index is 11.4. The lowest BCUT2D eigenvalue weighted by Crippen LogP contribution is -2.20. The van der Waals surface area contributed by atoms with E-state index in [0.29, 0.717) is 22.2 Å². The molecular weight excluding hydrogens is 380 g/mol. The molecule has 28 heavy (non-hydrogen) atoms. The van der Waals surface area contributed by atoms with Gasteiger partial charge >= 0.3 is 0 Å². The summed E-state index contributed by atoms with van der Waals surface area (Å²) in [6.45, 7) is 1.59. The van der Waals surface area contributed by atoms with Gasteiger partial charge in [-0.15, -0.1) is 5.10 Å². The van der Waals surface area contributed by atoms with E-state index in [-0.39, 0.29) is 12.4 Å². The van der Waals surface area contributed by atoms with Crippen molar-refractivity contribution in [1.82, 2.24) is 20.2 Å². The number of tetrazole rings is 1. The van der Waals surface area contributed by atoms with E-state index in [0.717, 1.165) is 11.4 Å². The van der Waals surface area contributed by atoms with Crippen molar-refractivity contribution in [1.29, 1.82) is 0 Å². The van der Waals surface area contributed by atoms with Gasteiger partial charge in [-0.2, -0.15) is 4.68 Å². The fourth-order valence-electron chi connectivity index (χ4n) is 2.37. The third-order valence-electron chi connectivity index (χ3n) is 3.85. The molecule has 1 atom stereocenters. The zero-order valence-corrected chi connectivity index (χ0v) is 16.3. The molecule has 0 saturated carbocycles. The molecule has 0 saturated heterocycles. The Morgan fingerprint density at radius 2 is 2.00 bits per heavy atom. The summed E-state index contributed by atoms with van der Waals surface area (Å²) >= 11 is 1.32. The van der Waals surface area contributed by atoms with E-state index >= 15 is 0 Å². The second-order valence-electron chi connectivity index (χ2n) is 5.93. The highest BCUT2D eigenvalue weighted by atomic mass is 32.2. The van der Waals surface area contributed by atoms with E-state index in [1.54, 1.807) is 36.1 Å². The maximum absolute atomic E-state index is 11.4. The molecule has 1 aromatic heterocycles. The second-order valence-corrected chi connectivity index (χ2v) is 6.92. The van der Waals surface area contributed by atoms with E-state index < -0.39 is 6.10 Å². The Balaban J connectivity index is 1.55. The van der Waals surface area contributed by atoms with E-state index in [1.807, 2.05) is 24.3 Å². The van der Waals surface area contributed by atoms with Gasteiger partial charge in [0.15, 0.2) is 5.78 Å². The Labute approximate surface area is 166 Å². The molecule has 0 aliphatic rings. The number of benzene rings is 2. The molecule has 1 heterocycles. The molecule has 3 aromatic rings. The Kier molecular flexibility index (Phi) is 6.62. The number of thioether (sulfide) groups is 1. The summed E-state index contributed by atoms with van der Waals surface area (Å²) in [6.07, 6.45) is -0.730. The van der Waals surface area contributed by atoms with E-state index in [9.17, 15) is 9.90 Å². The number of hydrogen-bond acceptors (Lipinski definition) is 8. The minimum absolute atomic E-state index is 0.0353. The lowest BCUT2D eigenvalue weighted by Gasteiger charge is -2.12. The predicted octanol–water partition coefficient (Wildman–Crippen LogP) is 2.41. The number of aliphatic hydroxyl groups is 1. The number of nitrogens with zero attached hydrogens (tertiary/aromatic N) is 4. The number of aliphatic hydroxyl groups excluding tert-OH is 1. The molecule has 0 unspecified atom stereocenters. The molecule has 0 aliphatic carbocycles. The molecule has 0 bridgehead atoms. The first-order valence-electron chi connectivity index (χ1n) is 8.54. The zero-order chi connectivity index (χ0) is 19.9. The van der Waals surface area contributed by atoms with E-state index in [2.05, 4.69) is 15.5 Å². The van der Waals surface area contributed by atoms with Gasteiger partial charge in [0.1, 0.15) is 18.1 Å². The molecule has 3 rings (SSSR count). The number of Topliss-reactive ketones (excluding diaryl/α,β-unsaturated/α-hetero) is 1. The number of carbonyl (C=O) groups is 1. The monoisotopic (exact) mass is 400 g/mol. The van der Waals surface area contributed by atoms with Gasteiger partial charge in [-0.3, -0.25) is 4.79 Å². The summed E-state index contributed by atoms with van der Waals surface area (Å²) < 4.78 is 12.3. The molecule has 8 nitrogen and oxygen atoms in total. The molecule has 9 heteroatoms. The average molecular weight is 400 g/mol. The van der Waals surface area contributed by atoms with Crippen LogP contribution in [0.3, 0.4) is 0 Å². The van der Waals surface area contributed by atoms with Crippen LogP contribution in [0, 0.1) is 0 Å². The van der Waals surface area contributed by atoms with Gasteiger partial charge in [0.25, 0.3) is 0 Å². The van der Waals surface area contributed by atoms with Crippen molar-refractivity contribution in [2.75, 3.05) is 19.5 Å². The zero-order valence-electron chi connectivity index (χ0n) is 15.5. The maximum Gasteiger partial charge on any atom is 0.214 e. The number of carbonyl (C=O) groups excluding carboxylic acids is 1. The van der Waals surface area contributed by atoms with Crippen LogP contribution in [0.4, 0.5) is 0 Å². The lowest BCUT2D eigenvalue weighted by molar-refractivity contribution is 0.101. The minimum Gasteiger partial charge on any atom is -0.497 e. The fourth-order valence-corrected chi connectivity index (χ4v) is 3.17. The fraction of sp³-hybridized carbons (Fsp3) is 0.263. The largest absolute Gasteiger partial charge is 0.497 e. The molecule has 0 radical (unpaired) electrons. The summed E-state index contributed by atoms with van der Waals surface area (Å²) in [5.41, 5.74) is 1.36. The molecule has 2 aromatic carbocycles. The summed E-state index contributed by atoms with van der Waals surface area (Å²) in [7, 11) is 1.60. The molecule has 0 spiro atoms. The third-order valence-corrected chi connectivity index (χ3v) is 4.91. The summed E-state index contributed by atoms with van der Waals surface area (Å²) in [6, 6.07) is 14.2. The van der Waals surface area contributed by atoms with Crippen LogP contribution in [0.1, 0.15) is 17.3 Å². The minimum atomic E-state index is -0.730. The number of ketones is 1. The summed E-state index contributed by atoms with van der Waals surface area (Å²) in [5, 5.41) is 22.5. The van der Waals surface area contributed by atoms with Crippen molar-refractivity contribution in [2.24, 2.45) is 0 Å². The SMILES string of the molecule is COc1ccc(-n2nnnc2SC[C@H](O)COc2cccc(C(C)=O)c2)cc1. The molecule has 0 amide bonds. The first-order chi connectivity index (χ1) is 13.6. The Bertz CT molecular complexity index is 930. The smallest absolute Gasteiger partial charge is 0.214 e. The second kappa shape index (κ2) is 9.34. The van der Waals surface area contributed by atoms with Crippen LogP contribution in [0.5, 0.6) is 11.5 Å². The van der Waals surface area contributed by atoms with Gasteiger partial charge in [0, 0.05) is 11.3 Å². The van der Waals surface area contributed by atoms with Crippen molar-refractivity contribution < 1.29 is 19.4 Å². The number of rotatable bonds is 9. The van der Waals surface area contributed by atoms with Crippen LogP contribution >= 0.6 is 11.8 Å². The Morgan fingerprint density at radius 3 is 2.71 bits per heavy atom. The van der Waals surface area contributed by atoms with Crippen LogP contribution in [-0.4, -0.2) is 56.7 Å². The van der Waals surface area contributed by atoms with Crippen molar-refractivity contribution in [2.45, 2.75) is 18.2 Å². The number of hydrogen-bond donors (Lipinski definition) is 1. The standard InChI is InChI=1S/C19H20N4O4S/c1-13(24)14-4-3-5-18(10-14)27-11-16(25)12-28-19-20-21-22-23(19)15-6-8-17(26-2)9-7-15/h3-10,16,25H,11-12H2,1-2H3/t16-/m1/s1. The van der Waals surface area contributed by atoms with Gasteiger partial charge in [0.2, 0.25) is 5.16 Å². The first kappa shape index (κ1) is 19.8. The van der Waals surface area contributed by atoms with E-state index in [4.69, 9.17) is 9.47 Å². The predicted molar refractivity (Wildman–Crippen MR) is 104 cm³/mol. The Morgan fingerprint density at radius 1 is 1.21 bits per heavy atom. The lowest BCUT2D eigenvalue weighted by atomic mass is 10.1. The van der Waals surface area contributed by atoms with Gasteiger partial charge in [-0.05, 0) is 53.7 Å². The molecule has 0 fully saturated rings. The number of methoxy groups -OCH3 is 1. The number of ether oxygens (including phenoxy) is 2. The van der Waals surface area contributed by atoms with Crippen molar-refractivity contribution >= 4 is 17.5 Å². The topological polar surface area (TPSA) is 99.4 Å². The van der Waals surface area contributed by atoms with Crippen LogP contribution in [-0.2, 0) is 0 Å². The van der Waals surface area contributed by atoms with Crippen LogP contribution < -0.4 is 9.47 Å². The average Bonchev–Trinajstić information content (AvgIpc) is 3.19. The normalized spacial score (nSPS) is 11.8. The van der Waals surface area contributed by atoms with Gasteiger partial charge in [-0.1, -0.05) is 23.9 Å². The highest BCUT2D eigenvalue weighted by molar-refractivity contribution is 7.99. The van der Waals surface area contributed by atoms with Gasteiger partial charge < -0.3 is 14.6 Å². The van der Waals surface area contributed by atoms with Crippen LogP contribution in [0.25, 0.3) is 5.69 Å². The molecular formula is C19H20N4O4S. The van der Waals surface area contributed by atoms with Crippen molar-refractivity contribution in [3.05, 3.63) is 54.1 Å². The van der Waals surface area contributed by atoms with E-state index in [1.165, 1.54) is 18.7 Å². The highest BCUT2D eigenvalue weighted by Gasteiger charge is 2.13. The van der Waals surface area contributed by atoms with Gasteiger partial charge in [-0.25, -0.2) is 0 Å². The molecule has 146 valence electrons.